The maximum absolute atomic E-state index is 4.11. The van der Waals surface area contributed by atoms with E-state index in [1.165, 1.54) is 22.3 Å². The van der Waals surface area contributed by atoms with Crippen LogP contribution < -0.4 is 0 Å². The molecular formula is C11H19Cl2Zr-. The van der Waals surface area contributed by atoms with Gasteiger partial charge in [-0.2, -0.15) is 5.57 Å². The van der Waals surface area contributed by atoms with Crippen LogP contribution in [0.3, 0.4) is 0 Å². The van der Waals surface area contributed by atoms with Crippen LogP contribution in [0.5, 0.6) is 0 Å². The molecule has 0 aromatic heterocycles. The van der Waals surface area contributed by atoms with Crippen molar-refractivity contribution in [3.8, 4) is 0 Å². The van der Waals surface area contributed by atoms with Gasteiger partial charge in [0.15, 0.2) is 0 Å². The topological polar surface area (TPSA) is 0 Å². The average Bonchev–Trinajstić information content (AvgIpc) is 2.06. The summed E-state index contributed by atoms with van der Waals surface area (Å²) in [6.07, 6.45) is 0. The molecule has 82 valence electrons. The van der Waals surface area contributed by atoms with Crippen molar-refractivity contribution < 1.29 is 26.2 Å². The summed E-state index contributed by atoms with van der Waals surface area (Å²) >= 11 is 0. The Labute approximate surface area is 120 Å². The van der Waals surface area contributed by atoms with Crippen LogP contribution in [0, 0.1) is 12.3 Å². The predicted molar refractivity (Wildman–Crippen MR) is 64.7 cm³/mol. The molecule has 0 unspecified atom stereocenters. The first-order valence-electron chi connectivity index (χ1n) is 4.10. The minimum Gasteiger partial charge on any atom is -0.240 e. The molecule has 0 aromatic carbocycles. The SMILES string of the molecule is Cl.Cl.[CH2-]C1=C(C)C(C)=C(C)C1(C)C.[Zr]. The monoisotopic (exact) mass is 311 g/mol. The molecule has 0 aromatic rings. The van der Waals surface area contributed by atoms with Gasteiger partial charge in [-0.25, -0.2) is 12.5 Å². The molecule has 0 amide bonds. The molecule has 0 radical (unpaired) electrons. The molecule has 1 rings (SSSR count). The maximum Gasteiger partial charge on any atom is 0 e. The van der Waals surface area contributed by atoms with Crippen molar-refractivity contribution in [2.45, 2.75) is 34.6 Å². The van der Waals surface area contributed by atoms with E-state index in [1.54, 1.807) is 0 Å². The summed E-state index contributed by atoms with van der Waals surface area (Å²) in [7, 11) is 0. The van der Waals surface area contributed by atoms with Gasteiger partial charge in [-0.3, -0.25) is 0 Å². The van der Waals surface area contributed by atoms with Gasteiger partial charge in [0.05, 0.1) is 0 Å². The van der Waals surface area contributed by atoms with Crippen molar-refractivity contribution in [1.29, 1.82) is 0 Å². The molecule has 0 N–H and O–H groups in total. The standard InChI is InChI=1S/C11H17.2ClH.Zr/c1-7-8(2)10(4)11(5,6)9(7)3;;;/h3H2,1-2,4-6H3;2*1H;/q-1;;;. The number of hydrogen-bond donors (Lipinski definition) is 0. The summed E-state index contributed by atoms with van der Waals surface area (Å²) in [5.41, 5.74) is 5.77. The van der Waals surface area contributed by atoms with Gasteiger partial charge in [0.1, 0.15) is 0 Å². The molecule has 14 heavy (non-hydrogen) atoms. The first kappa shape index (κ1) is 20.3. The van der Waals surface area contributed by atoms with Gasteiger partial charge in [-0.05, 0) is 12.3 Å². The van der Waals surface area contributed by atoms with Gasteiger partial charge < -0.3 is 0 Å². The van der Waals surface area contributed by atoms with Crippen molar-refractivity contribution in [1.82, 2.24) is 0 Å². The summed E-state index contributed by atoms with van der Waals surface area (Å²) in [4.78, 5) is 0. The molecule has 0 bridgehead atoms. The van der Waals surface area contributed by atoms with Crippen LogP contribution >= 0.6 is 24.8 Å². The minimum atomic E-state index is 0. The number of allylic oxidation sites excluding steroid dienone is 4. The van der Waals surface area contributed by atoms with Crippen LogP contribution in [0.25, 0.3) is 0 Å². The summed E-state index contributed by atoms with van der Waals surface area (Å²) in [5.74, 6) is 0. The molecular weight excluding hydrogens is 294 g/mol. The van der Waals surface area contributed by atoms with Gasteiger partial charge in [0, 0.05) is 26.2 Å². The number of hydrogen-bond acceptors (Lipinski definition) is 0. The third-order valence-electron chi connectivity index (χ3n) is 3.27. The Morgan fingerprint density at radius 1 is 0.929 bits per heavy atom. The Bertz CT molecular complexity index is 236. The molecule has 3 heteroatoms. The van der Waals surface area contributed by atoms with E-state index in [0.29, 0.717) is 0 Å². The van der Waals surface area contributed by atoms with Crippen LogP contribution in [-0.4, -0.2) is 0 Å². The first-order valence-corrected chi connectivity index (χ1v) is 4.10. The van der Waals surface area contributed by atoms with Crippen molar-refractivity contribution in [2.75, 3.05) is 0 Å². The molecule has 0 aliphatic heterocycles. The maximum atomic E-state index is 4.11. The summed E-state index contributed by atoms with van der Waals surface area (Å²) in [5, 5.41) is 0. The van der Waals surface area contributed by atoms with Crippen LogP contribution in [-0.2, 0) is 26.2 Å². The Morgan fingerprint density at radius 2 is 1.29 bits per heavy atom. The van der Waals surface area contributed by atoms with E-state index in [1.807, 2.05) is 0 Å². The van der Waals surface area contributed by atoms with Crippen molar-refractivity contribution in [3.05, 3.63) is 29.2 Å². The third kappa shape index (κ3) is 2.90. The Hall–Kier alpha value is 0.813. The number of halogens is 2. The fourth-order valence-corrected chi connectivity index (χ4v) is 1.67. The van der Waals surface area contributed by atoms with Crippen LogP contribution in [0.2, 0.25) is 0 Å². The quantitative estimate of drug-likeness (QED) is 0.583. The van der Waals surface area contributed by atoms with E-state index < -0.39 is 0 Å². The van der Waals surface area contributed by atoms with Gasteiger partial charge in [0.2, 0.25) is 0 Å². The second-order valence-corrected chi connectivity index (χ2v) is 3.98. The summed E-state index contributed by atoms with van der Waals surface area (Å²) in [6.45, 7) is 15.1. The third-order valence-corrected chi connectivity index (χ3v) is 3.27. The normalized spacial score (nSPS) is 18.4. The molecule has 0 heterocycles. The van der Waals surface area contributed by atoms with Gasteiger partial charge in [0.25, 0.3) is 0 Å². The molecule has 0 saturated carbocycles. The molecule has 1 aliphatic carbocycles. The largest absolute Gasteiger partial charge is 0.240 e. The molecule has 0 saturated heterocycles. The first-order chi connectivity index (χ1) is 4.89. The van der Waals surface area contributed by atoms with Crippen LogP contribution in [0.4, 0.5) is 0 Å². The van der Waals surface area contributed by atoms with Gasteiger partial charge in [-0.15, -0.1) is 37.3 Å². The van der Waals surface area contributed by atoms with E-state index in [9.17, 15) is 0 Å². The fourth-order valence-electron chi connectivity index (χ4n) is 1.67. The molecule has 0 spiro atoms. The zero-order valence-corrected chi connectivity index (χ0v) is 13.6. The Morgan fingerprint density at radius 3 is 1.36 bits per heavy atom. The smallest absolute Gasteiger partial charge is 0 e. The van der Waals surface area contributed by atoms with Crippen molar-refractivity contribution in [3.63, 3.8) is 0 Å². The second-order valence-electron chi connectivity index (χ2n) is 3.98. The minimum absolute atomic E-state index is 0. The average molecular weight is 313 g/mol. The molecule has 0 atom stereocenters. The van der Waals surface area contributed by atoms with E-state index in [4.69, 9.17) is 0 Å². The van der Waals surface area contributed by atoms with Gasteiger partial charge >= 0.3 is 0 Å². The van der Waals surface area contributed by atoms with Crippen LogP contribution in [0.15, 0.2) is 22.3 Å². The van der Waals surface area contributed by atoms with Crippen LogP contribution in [0.1, 0.15) is 34.6 Å². The Balaban J connectivity index is -0.000000403. The summed E-state index contributed by atoms with van der Waals surface area (Å²) < 4.78 is 0. The van der Waals surface area contributed by atoms with E-state index in [-0.39, 0.29) is 56.4 Å². The zero-order chi connectivity index (χ0) is 8.81. The number of rotatable bonds is 0. The second kappa shape index (κ2) is 6.41. The van der Waals surface area contributed by atoms with E-state index in [2.05, 4.69) is 41.5 Å². The zero-order valence-electron chi connectivity index (χ0n) is 9.52. The van der Waals surface area contributed by atoms with E-state index >= 15 is 0 Å². The van der Waals surface area contributed by atoms with Gasteiger partial charge in [-0.1, -0.05) is 26.3 Å². The van der Waals surface area contributed by atoms with E-state index in [0.717, 1.165) is 0 Å². The Kier molecular flexibility index (Phi) is 9.27. The molecule has 0 fully saturated rings. The molecule has 1 aliphatic rings. The summed E-state index contributed by atoms with van der Waals surface area (Å²) in [6, 6.07) is 0. The van der Waals surface area contributed by atoms with Crippen molar-refractivity contribution in [2.24, 2.45) is 5.41 Å². The predicted octanol–water partition coefficient (Wildman–Crippen LogP) is 4.35. The molecule has 0 nitrogen and oxygen atoms in total. The fraction of sp³-hybridized carbons (Fsp3) is 0.545. The van der Waals surface area contributed by atoms with Crippen molar-refractivity contribution >= 4 is 24.8 Å².